The van der Waals surface area contributed by atoms with Crippen LogP contribution in [-0.4, -0.2) is 11.9 Å². The van der Waals surface area contributed by atoms with Crippen LogP contribution in [0, 0.1) is 0 Å². The molecule has 0 bridgehead atoms. The standard InChI is InChI=1S/C22H25NO/c1-2-3-4-11-16-21(18-17-19-12-7-5-8-13-19)23-22(24)20-14-9-6-10-15-20/h4-10,12-16,21H,2-3,17-18H2,1H3,(H,23,24)/t11?,21-/m0/s1. The Morgan fingerprint density at radius 1 is 1.08 bits per heavy atom. The van der Waals surface area contributed by atoms with Gasteiger partial charge in [0.05, 0.1) is 6.04 Å². The van der Waals surface area contributed by atoms with Crippen molar-refractivity contribution in [2.75, 3.05) is 0 Å². The molecule has 2 aromatic carbocycles. The molecule has 0 radical (unpaired) electrons. The molecule has 0 aromatic heterocycles. The van der Waals surface area contributed by atoms with Gasteiger partial charge in [-0.2, -0.15) is 0 Å². The summed E-state index contributed by atoms with van der Waals surface area (Å²) >= 11 is 0. The maximum absolute atomic E-state index is 12.4. The van der Waals surface area contributed by atoms with Crippen molar-refractivity contribution < 1.29 is 4.79 Å². The molecule has 2 aromatic rings. The Hall–Kier alpha value is -2.57. The lowest BCUT2D eigenvalue weighted by Gasteiger charge is -2.14. The molecule has 0 aliphatic rings. The second kappa shape index (κ2) is 10.3. The summed E-state index contributed by atoms with van der Waals surface area (Å²) in [7, 11) is 0. The third-order valence-electron chi connectivity index (χ3n) is 3.79. The molecule has 0 fully saturated rings. The number of rotatable bonds is 8. The van der Waals surface area contributed by atoms with E-state index in [2.05, 4.69) is 30.1 Å². The number of benzene rings is 2. The first-order valence-corrected chi connectivity index (χ1v) is 8.60. The topological polar surface area (TPSA) is 29.1 Å². The van der Waals surface area contributed by atoms with Crippen molar-refractivity contribution in [3.63, 3.8) is 0 Å². The predicted molar refractivity (Wildman–Crippen MR) is 100 cm³/mol. The first-order valence-electron chi connectivity index (χ1n) is 8.60. The van der Waals surface area contributed by atoms with E-state index in [1.54, 1.807) is 0 Å². The van der Waals surface area contributed by atoms with Crippen molar-refractivity contribution >= 4 is 5.91 Å². The fourth-order valence-corrected chi connectivity index (χ4v) is 2.42. The van der Waals surface area contributed by atoms with Crippen molar-refractivity contribution in [2.24, 2.45) is 0 Å². The molecule has 0 saturated heterocycles. The lowest BCUT2D eigenvalue weighted by atomic mass is 10.0. The lowest BCUT2D eigenvalue weighted by molar-refractivity contribution is 0.0943. The van der Waals surface area contributed by atoms with E-state index < -0.39 is 0 Å². The molecule has 2 rings (SSSR count). The van der Waals surface area contributed by atoms with Gasteiger partial charge < -0.3 is 5.32 Å². The molecule has 124 valence electrons. The van der Waals surface area contributed by atoms with Gasteiger partial charge in [-0.15, -0.1) is 5.73 Å². The summed E-state index contributed by atoms with van der Waals surface area (Å²) < 4.78 is 0. The molecule has 1 atom stereocenters. The summed E-state index contributed by atoms with van der Waals surface area (Å²) in [5.41, 5.74) is 5.18. The van der Waals surface area contributed by atoms with Crippen molar-refractivity contribution in [1.29, 1.82) is 0 Å². The minimum absolute atomic E-state index is 0.0222. The predicted octanol–water partition coefficient (Wildman–Crippen LogP) is 4.93. The van der Waals surface area contributed by atoms with Crippen LogP contribution in [0.25, 0.3) is 0 Å². The zero-order valence-electron chi connectivity index (χ0n) is 14.2. The van der Waals surface area contributed by atoms with E-state index in [1.807, 2.05) is 60.7 Å². The Labute approximate surface area is 144 Å². The number of aryl methyl sites for hydroxylation is 1. The Morgan fingerprint density at radius 2 is 1.75 bits per heavy atom. The van der Waals surface area contributed by atoms with Crippen LogP contribution >= 0.6 is 0 Å². The third kappa shape index (κ3) is 6.28. The summed E-state index contributed by atoms with van der Waals surface area (Å²) in [6.45, 7) is 2.14. The number of carbonyl (C=O) groups excluding carboxylic acids is 1. The number of unbranched alkanes of at least 4 members (excludes halogenated alkanes) is 1. The van der Waals surface area contributed by atoms with Gasteiger partial charge in [0.25, 0.3) is 5.91 Å². The van der Waals surface area contributed by atoms with Crippen LogP contribution in [0.15, 0.2) is 78.5 Å². The molecule has 2 heteroatoms. The van der Waals surface area contributed by atoms with Gasteiger partial charge in [0, 0.05) is 5.56 Å². The Kier molecular flexibility index (Phi) is 7.59. The van der Waals surface area contributed by atoms with Gasteiger partial charge >= 0.3 is 0 Å². The zero-order chi connectivity index (χ0) is 17.0. The van der Waals surface area contributed by atoms with Gasteiger partial charge in [-0.05, 0) is 49.1 Å². The first kappa shape index (κ1) is 17.8. The van der Waals surface area contributed by atoms with Gasteiger partial charge in [0.2, 0.25) is 0 Å². The minimum Gasteiger partial charge on any atom is -0.345 e. The van der Waals surface area contributed by atoms with Gasteiger partial charge in [0.1, 0.15) is 0 Å². The van der Waals surface area contributed by atoms with E-state index >= 15 is 0 Å². The van der Waals surface area contributed by atoms with Crippen molar-refractivity contribution in [3.8, 4) is 0 Å². The molecular formula is C22H25NO. The molecule has 0 saturated carbocycles. The van der Waals surface area contributed by atoms with E-state index in [0.29, 0.717) is 5.56 Å². The van der Waals surface area contributed by atoms with Crippen LogP contribution in [0.5, 0.6) is 0 Å². The second-order valence-electron chi connectivity index (χ2n) is 5.80. The molecule has 0 aliphatic carbocycles. The molecule has 1 N–H and O–H groups in total. The summed E-state index contributed by atoms with van der Waals surface area (Å²) in [6, 6.07) is 19.7. The van der Waals surface area contributed by atoms with Gasteiger partial charge in [-0.1, -0.05) is 61.9 Å². The Morgan fingerprint density at radius 3 is 2.42 bits per heavy atom. The number of nitrogens with one attached hydrogen (secondary N) is 1. The van der Waals surface area contributed by atoms with Crippen molar-refractivity contribution in [1.82, 2.24) is 5.32 Å². The summed E-state index contributed by atoms with van der Waals surface area (Å²) in [4.78, 5) is 12.4. The van der Waals surface area contributed by atoms with Crippen molar-refractivity contribution in [3.05, 3.63) is 89.7 Å². The monoisotopic (exact) mass is 319 g/mol. The van der Waals surface area contributed by atoms with E-state index in [0.717, 1.165) is 25.7 Å². The van der Waals surface area contributed by atoms with Crippen LogP contribution < -0.4 is 5.32 Å². The van der Waals surface area contributed by atoms with Crippen LogP contribution in [0.2, 0.25) is 0 Å². The van der Waals surface area contributed by atoms with Crippen molar-refractivity contribution in [2.45, 2.75) is 38.6 Å². The van der Waals surface area contributed by atoms with E-state index in [9.17, 15) is 4.79 Å². The lowest BCUT2D eigenvalue weighted by Crippen LogP contribution is -2.33. The van der Waals surface area contributed by atoms with E-state index in [-0.39, 0.29) is 11.9 Å². The fraction of sp³-hybridized carbons (Fsp3) is 0.273. The Bertz CT molecular complexity index is 670. The molecule has 0 spiro atoms. The minimum atomic E-state index is -0.0396. The summed E-state index contributed by atoms with van der Waals surface area (Å²) in [5, 5.41) is 3.10. The maximum atomic E-state index is 12.4. The van der Waals surface area contributed by atoms with E-state index in [1.165, 1.54) is 5.56 Å². The molecular weight excluding hydrogens is 294 g/mol. The smallest absolute Gasteiger partial charge is 0.251 e. The van der Waals surface area contributed by atoms with Gasteiger partial charge in [0.15, 0.2) is 0 Å². The van der Waals surface area contributed by atoms with Crippen LogP contribution in [-0.2, 0) is 6.42 Å². The highest BCUT2D eigenvalue weighted by atomic mass is 16.1. The average Bonchev–Trinajstić information content (AvgIpc) is 2.64. The molecule has 1 amide bonds. The summed E-state index contributed by atoms with van der Waals surface area (Å²) in [6.07, 6.45) is 7.89. The largest absolute Gasteiger partial charge is 0.345 e. The van der Waals surface area contributed by atoms with E-state index in [4.69, 9.17) is 0 Å². The average molecular weight is 319 g/mol. The first-order chi connectivity index (χ1) is 11.8. The van der Waals surface area contributed by atoms with Crippen LogP contribution in [0.3, 0.4) is 0 Å². The highest BCUT2D eigenvalue weighted by Gasteiger charge is 2.11. The highest BCUT2D eigenvalue weighted by Crippen LogP contribution is 2.07. The molecule has 2 nitrogen and oxygen atoms in total. The normalized spacial score (nSPS) is 11.2. The molecule has 24 heavy (non-hydrogen) atoms. The Balaban J connectivity index is 2.01. The SMILES string of the molecule is CCCC=C=C[C@@H](CCc1ccccc1)NC(=O)c1ccccc1. The molecule has 0 unspecified atom stereocenters. The van der Waals surface area contributed by atoms with Gasteiger partial charge in [-0.25, -0.2) is 0 Å². The zero-order valence-corrected chi connectivity index (χ0v) is 14.2. The quantitative estimate of drug-likeness (QED) is 0.687. The number of amides is 1. The number of hydrogen-bond acceptors (Lipinski definition) is 1. The summed E-state index contributed by atoms with van der Waals surface area (Å²) in [5.74, 6) is -0.0396. The fourth-order valence-electron chi connectivity index (χ4n) is 2.42. The second-order valence-corrected chi connectivity index (χ2v) is 5.80. The third-order valence-corrected chi connectivity index (χ3v) is 3.79. The molecule has 0 aliphatic heterocycles. The number of carbonyl (C=O) groups is 1. The molecule has 0 heterocycles. The van der Waals surface area contributed by atoms with Crippen LogP contribution in [0.1, 0.15) is 42.1 Å². The number of hydrogen-bond donors (Lipinski definition) is 1. The van der Waals surface area contributed by atoms with Gasteiger partial charge in [-0.3, -0.25) is 4.79 Å². The maximum Gasteiger partial charge on any atom is 0.251 e. The van der Waals surface area contributed by atoms with Crippen LogP contribution in [0.4, 0.5) is 0 Å². The highest BCUT2D eigenvalue weighted by molar-refractivity contribution is 5.94.